The Morgan fingerprint density at radius 1 is 1.39 bits per heavy atom. The Bertz CT molecular complexity index is 546. The highest BCUT2D eigenvalue weighted by Crippen LogP contribution is 2.33. The van der Waals surface area contributed by atoms with E-state index in [-0.39, 0.29) is 6.61 Å². The third-order valence-corrected chi connectivity index (χ3v) is 3.05. The van der Waals surface area contributed by atoms with Gasteiger partial charge < -0.3 is 20.7 Å². The molecule has 0 fully saturated rings. The van der Waals surface area contributed by atoms with Crippen LogP contribution >= 0.6 is 0 Å². The quantitative estimate of drug-likeness (QED) is 0.720. The minimum absolute atomic E-state index is 0.140. The van der Waals surface area contributed by atoms with Crippen LogP contribution in [0.5, 0.6) is 0 Å². The summed E-state index contributed by atoms with van der Waals surface area (Å²) in [5, 5.41) is 12.2. The zero-order valence-corrected chi connectivity index (χ0v) is 10.8. The molecule has 0 saturated carbocycles. The summed E-state index contributed by atoms with van der Waals surface area (Å²) in [5.74, 6) is 0. The largest absolute Gasteiger partial charge is 0.397 e. The van der Waals surface area contributed by atoms with E-state index in [1.54, 1.807) is 0 Å². The smallest absolute Gasteiger partial charge is 0.0630 e. The van der Waals surface area contributed by atoms with E-state index in [9.17, 15) is 0 Å². The third-order valence-electron chi connectivity index (χ3n) is 3.05. The number of nitrogens with zero attached hydrogens (tertiary/aromatic N) is 1. The first kappa shape index (κ1) is 12.5. The van der Waals surface area contributed by atoms with Gasteiger partial charge in [0.05, 0.1) is 11.4 Å². The van der Waals surface area contributed by atoms with Crippen LogP contribution in [0.2, 0.25) is 0 Å². The molecule has 18 heavy (non-hydrogen) atoms. The van der Waals surface area contributed by atoms with Crippen LogP contribution in [0.15, 0.2) is 30.6 Å². The van der Waals surface area contributed by atoms with E-state index in [1.807, 2.05) is 49.3 Å². The van der Waals surface area contributed by atoms with Gasteiger partial charge in [-0.25, -0.2) is 0 Å². The summed E-state index contributed by atoms with van der Waals surface area (Å²) in [4.78, 5) is 0. The van der Waals surface area contributed by atoms with Crippen LogP contribution < -0.4 is 11.1 Å². The number of aryl methyl sites for hydroxylation is 1. The van der Waals surface area contributed by atoms with Gasteiger partial charge >= 0.3 is 0 Å². The van der Waals surface area contributed by atoms with Crippen LogP contribution in [-0.4, -0.2) is 23.3 Å². The Balaban J connectivity index is 2.54. The second kappa shape index (κ2) is 5.14. The van der Waals surface area contributed by atoms with Crippen molar-refractivity contribution in [3.05, 3.63) is 36.2 Å². The molecular weight excluding hydrogens is 226 g/mol. The van der Waals surface area contributed by atoms with Gasteiger partial charge in [-0.2, -0.15) is 0 Å². The highest BCUT2D eigenvalue weighted by Gasteiger charge is 2.10. The van der Waals surface area contributed by atoms with Crippen LogP contribution in [-0.2, 0) is 13.5 Å². The lowest BCUT2D eigenvalue weighted by molar-refractivity contribution is 0.299. The van der Waals surface area contributed by atoms with Crippen molar-refractivity contribution in [3.63, 3.8) is 0 Å². The molecule has 4 heteroatoms. The zero-order valence-electron chi connectivity index (χ0n) is 10.8. The van der Waals surface area contributed by atoms with Gasteiger partial charge in [-0.3, -0.25) is 0 Å². The van der Waals surface area contributed by atoms with Crippen molar-refractivity contribution in [2.45, 2.75) is 6.42 Å². The monoisotopic (exact) mass is 245 g/mol. The molecule has 1 heterocycles. The summed E-state index contributed by atoms with van der Waals surface area (Å²) in [7, 11) is 3.83. The van der Waals surface area contributed by atoms with E-state index in [0.717, 1.165) is 28.1 Å². The van der Waals surface area contributed by atoms with Gasteiger partial charge in [-0.15, -0.1) is 0 Å². The number of benzene rings is 1. The van der Waals surface area contributed by atoms with Crippen LogP contribution in [0.4, 0.5) is 11.4 Å². The number of rotatable bonds is 4. The number of anilines is 2. The topological polar surface area (TPSA) is 63.2 Å². The van der Waals surface area contributed by atoms with Crippen molar-refractivity contribution in [3.8, 4) is 11.1 Å². The molecule has 0 bridgehead atoms. The fraction of sp³-hybridized carbons (Fsp3) is 0.286. The fourth-order valence-electron chi connectivity index (χ4n) is 2.09. The molecule has 0 saturated heterocycles. The molecule has 0 aliphatic rings. The second-order valence-electron chi connectivity index (χ2n) is 4.39. The van der Waals surface area contributed by atoms with Crippen molar-refractivity contribution in [1.29, 1.82) is 0 Å². The zero-order chi connectivity index (χ0) is 13.1. The number of nitrogens with two attached hydrogens (primary N) is 1. The van der Waals surface area contributed by atoms with E-state index in [2.05, 4.69) is 5.32 Å². The Labute approximate surface area is 107 Å². The van der Waals surface area contributed by atoms with Gasteiger partial charge in [-0.1, -0.05) is 0 Å². The summed E-state index contributed by atoms with van der Waals surface area (Å²) in [6, 6.07) is 6.06. The SMILES string of the molecule is CNc1cc(CCO)cc(-c2ccn(C)c2)c1N. The van der Waals surface area contributed by atoms with Gasteiger partial charge in [0.1, 0.15) is 0 Å². The number of aromatic nitrogens is 1. The maximum absolute atomic E-state index is 9.06. The lowest BCUT2D eigenvalue weighted by Gasteiger charge is -2.13. The van der Waals surface area contributed by atoms with Crippen molar-refractivity contribution in [1.82, 2.24) is 4.57 Å². The minimum Gasteiger partial charge on any atom is -0.397 e. The van der Waals surface area contributed by atoms with E-state index in [0.29, 0.717) is 6.42 Å². The standard InChI is InChI=1S/C14H19N3O/c1-16-13-8-10(4-6-18)7-12(14(13)15)11-3-5-17(2)9-11/h3,5,7-9,16,18H,4,6,15H2,1-2H3. The summed E-state index contributed by atoms with van der Waals surface area (Å²) in [6.45, 7) is 0.140. The summed E-state index contributed by atoms with van der Waals surface area (Å²) in [5.41, 5.74) is 11.0. The number of aliphatic hydroxyl groups is 1. The number of nitrogen functional groups attached to an aromatic ring is 1. The maximum Gasteiger partial charge on any atom is 0.0630 e. The van der Waals surface area contributed by atoms with E-state index < -0.39 is 0 Å². The first-order valence-electron chi connectivity index (χ1n) is 5.99. The molecule has 0 aliphatic carbocycles. The highest BCUT2D eigenvalue weighted by atomic mass is 16.2. The molecule has 1 aromatic heterocycles. The first-order chi connectivity index (χ1) is 8.65. The van der Waals surface area contributed by atoms with Crippen LogP contribution in [0, 0.1) is 0 Å². The molecule has 1 aromatic carbocycles. The van der Waals surface area contributed by atoms with Crippen molar-refractivity contribution < 1.29 is 5.11 Å². The number of aliphatic hydroxyl groups excluding tert-OH is 1. The van der Waals surface area contributed by atoms with Crippen molar-refractivity contribution in [2.75, 3.05) is 24.7 Å². The molecule has 96 valence electrons. The van der Waals surface area contributed by atoms with E-state index in [4.69, 9.17) is 10.8 Å². The summed E-state index contributed by atoms with van der Waals surface area (Å²) < 4.78 is 1.99. The Kier molecular flexibility index (Phi) is 3.58. The van der Waals surface area contributed by atoms with Gasteiger partial charge in [-0.05, 0) is 30.2 Å². The molecule has 0 amide bonds. The van der Waals surface area contributed by atoms with Crippen molar-refractivity contribution >= 4 is 11.4 Å². The maximum atomic E-state index is 9.06. The minimum atomic E-state index is 0.140. The molecule has 0 spiro atoms. The predicted molar refractivity (Wildman–Crippen MR) is 75.6 cm³/mol. The summed E-state index contributed by atoms with van der Waals surface area (Å²) >= 11 is 0. The predicted octanol–water partition coefficient (Wildman–Crippen LogP) is 1.85. The van der Waals surface area contributed by atoms with Crippen molar-refractivity contribution in [2.24, 2.45) is 7.05 Å². The molecule has 0 aliphatic heterocycles. The second-order valence-corrected chi connectivity index (χ2v) is 4.39. The fourth-order valence-corrected chi connectivity index (χ4v) is 2.09. The van der Waals surface area contributed by atoms with Crippen LogP contribution in [0.25, 0.3) is 11.1 Å². The van der Waals surface area contributed by atoms with Crippen LogP contribution in [0.1, 0.15) is 5.56 Å². The van der Waals surface area contributed by atoms with Gasteiger partial charge in [0.15, 0.2) is 0 Å². The highest BCUT2D eigenvalue weighted by molar-refractivity contribution is 5.86. The molecule has 2 rings (SSSR count). The Morgan fingerprint density at radius 2 is 2.17 bits per heavy atom. The lowest BCUT2D eigenvalue weighted by atomic mass is 10.0. The molecular formula is C14H19N3O. The number of hydrogen-bond donors (Lipinski definition) is 3. The molecule has 4 N–H and O–H groups in total. The summed E-state index contributed by atoms with van der Waals surface area (Å²) in [6.07, 6.45) is 4.66. The Hall–Kier alpha value is -1.94. The molecule has 0 atom stereocenters. The molecule has 0 radical (unpaired) electrons. The van der Waals surface area contributed by atoms with Gasteiger partial charge in [0.2, 0.25) is 0 Å². The van der Waals surface area contributed by atoms with Gasteiger partial charge in [0, 0.05) is 44.2 Å². The third kappa shape index (κ3) is 2.33. The molecule has 4 nitrogen and oxygen atoms in total. The number of hydrogen-bond acceptors (Lipinski definition) is 3. The first-order valence-corrected chi connectivity index (χ1v) is 5.99. The lowest BCUT2D eigenvalue weighted by Crippen LogP contribution is -2.01. The van der Waals surface area contributed by atoms with Crippen LogP contribution in [0.3, 0.4) is 0 Å². The van der Waals surface area contributed by atoms with E-state index in [1.165, 1.54) is 0 Å². The number of nitrogens with one attached hydrogen (secondary N) is 1. The molecule has 0 unspecified atom stereocenters. The molecule has 2 aromatic rings. The normalized spacial score (nSPS) is 10.6. The van der Waals surface area contributed by atoms with E-state index >= 15 is 0 Å². The van der Waals surface area contributed by atoms with Gasteiger partial charge in [0.25, 0.3) is 0 Å². The average molecular weight is 245 g/mol. The Morgan fingerprint density at radius 3 is 2.72 bits per heavy atom. The average Bonchev–Trinajstić information content (AvgIpc) is 2.78.